The Balaban J connectivity index is 1.57. The standard InChI is InChI=1S/C24H18N4S2/c25-13-9-11-17-23(29-19-7-3-1-5-15(19)27-17)21(13)22-14(26)10-12-18-24(22)30-20-8-4-2-6-16(20)28-18/h1-12,27-28H,25-26H2. The molecule has 0 fully saturated rings. The molecule has 0 saturated heterocycles. The maximum Gasteiger partial charge on any atom is 0.0534 e. The molecule has 2 aliphatic heterocycles. The molecule has 0 atom stereocenters. The highest BCUT2D eigenvalue weighted by Gasteiger charge is 2.27. The van der Waals surface area contributed by atoms with Crippen LogP contribution in [-0.4, -0.2) is 0 Å². The summed E-state index contributed by atoms with van der Waals surface area (Å²) in [5.74, 6) is 0. The van der Waals surface area contributed by atoms with Crippen molar-refractivity contribution in [2.45, 2.75) is 19.6 Å². The fourth-order valence-electron chi connectivity index (χ4n) is 3.95. The minimum Gasteiger partial charge on any atom is -0.398 e. The summed E-state index contributed by atoms with van der Waals surface area (Å²) in [6, 6.07) is 24.6. The summed E-state index contributed by atoms with van der Waals surface area (Å²) in [6.45, 7) is 0. The van der Waals surface area contributed by atoms with Crippen LogP contribution >= 0.6 is 23.5 Å². The normalized spacial score (nSPS) is 13.2. The first kappa shape index (κ1) is 17.6. The predicted octanol–water partition coefficient (Wildman–Crippen LogP) is 6.93. The van der Waals surface area contributed by atoms with Crippen LogP contribution in [-0.2, 0) is 0 Å². The summed E-state index contributed by atoms with van der Waals surface area (Å²) < 4.78 is 0. The van der Waals surface area contributed by atoms with Gasteiger partial charge >= 0.3 is 0 Å². The van der Waals surface area contributed by atoms with E-state index in [9.17, 15) is 0 Å². The fraction of sp³-hybridized carbons (Fsp3) is 0. The second kappa shape index (κ2) is 6.65. The summed E-state index contributed by atoms with van der Waals surface area (Å²) in [4.78, 5) is 4.56. The molecule has 0 saturated carbocycles. The van der Waals surface area contributed by atoms with Crippen LogP contribution in [0.3, 0.4) is 0 Å². The summed E-state index contributed by atoms with van der Waals surface area (Å²) in [6.07, 6.45) is 0. The van der Waals surface area contributed by atoms with Crippen LogP contribution in [0, 0.1) is 0 Å². The van der Waals surface area contributed by atoms with Gasteiger partial charge in [0.1, 0.15) is 0 Å². The Kier molecular flexibility index (Phi) is 3.91. The SMILES string of the molecule is Nc1ccc2c(c1-c1c(N)ccc3c1Sc1ccccc1N3)Sc1ccccc1N2. The minimum atomic E-state index is 0.724. The van der Waals surface area contributed by atoms with Crippen LogP contribution < -0.4 is 22.1 Å². The molecular formula is C24H18N4S2. The van der Waals surface area contributed by atoms with Gasteiger partial charge in [-0.1, -0.05) is 47.8 Å². The molecule has 0 spiro atoms. The number of nitrogens with two attached hydrogens (primary N) is 2. The molecule has 30 heavy (non-hydrogen) atoms. The molecule has 0 aliphatic carbocycles. The topological polar surface area (TPSA) is 76.1 Å². The van der Waals surface area contributed by atoms with Gasteiger partial charge in [-0.3, -0.25) is 0 Å². The molecule has 6 N–H and O–H groups in total. The Labute approximate surface area is 183 Å². The van der Waals surface area contributed by atoms with E-state index in [0.29, 0.717) is 0 Å². The van der Waals surface area contributed by atoms with Crippen LogP contribution in [0.25, 0.3) is 11.1 Å². The zero-order valence-corrected chi connectivity index (χ0v) is 17.5. The quantitative estimate of drug-likeness (QED) is 0.214. The van der Waals surface area contributed by atoms with E-state index in [1.165, 1.54) is 9.79 Å². The molecule has 4 nitrogen and oxygen atoms in total. The molecule has 2 aliphatic rings. The Bertz CT molecular complexity index is 1230. The zero-order chi connectivity index (χ0) is 20.2. The van der Waals surface area contributed by atoms with Gasteiger partial charge in [-0.15, -0.1) is 0 Å². The molecule has 0 bridgehead atoms. The lowest BCUT2D eigenvalue weighted by Crippen LogP contribution is -2.07. The molecule has 4 aromatic rings. The second-order valence-electron chi connectivity index (χ2n) is 7.26. The number of para-hydroxylation sites is 2. The van der Waals surface area contributed by atoms with Crippen molar-refractivity contribution in [3.63, 3.8) is 0 Å². The van der Waals surface area contributed by atoms with E-state index in [1.54, 1.807) is 23.5 Å². The second-order valence-corrected chi connectivity index (χ2v) is 9.36. The molecule has 0 radical (unpaired) electrons. The first-order chi connectivity index (χ1) is 14.7. The van der Waals surface area contributed by atoms with Gasteiger partial charge in [0.25, 0.3) is 0 Å². The number of nitrogens with one attached hydrogen (secondary N) is 2. The number of rotatable bonds is 1. The van der Waals surface area contributed by atoms with Crippen molar-refractivity contribution in [2.24, 2.45) is 0 Å². The van der Waals surface area contributed by atoms with Crippen molar-refractivity contribution in [1.29, 1.82) is 0 Å². The highest BCUT2D eigenvalue weighted by Crippen LogP contribution is 2.56. The Morgan fingerprint density at radius 3 is 1.40 bits per heavy atom. The van der Waals surface area contributed by atoms with E-state index in [-0.39, 0.29) is 0 Å². The maximum absolute atomic E-state index is 6.57. The predicted molar refractivity (Wildman–Crippen MR) is 128 cm³/mol. The van der Waals surface area contributed by atoms with Crippen molar-refractivity contribution in [2.75, 3.05) is 22.1 Å². The van der Waals surface area contributed by atoms with E-state index >= 15 is 0 Å². The van der Waals surface area contributed by atoms with E-state index in [2.05, 4.69) is 47.0 Å². The lowest BCUT2D eigenvalue weighted by atomic mass is 9.99. The number of hydrogen-bond acceptors (Lipinski definition) is 6. The van der Waals surface area contributed by atoms with Crippen molar-refractivity contribution in [1.82, 2.24) is 0 Å². The van der Waals surface area contributed by atoms with E-state index in [0.717, 1.165) is 55.0 Å². The van der Waals surface area contributed by atoms with E-state index in [1.807, 2.05) is 36.4 Å². The average molecular weight is 427 g/mol. The Morgan fingerprint density at radius 1 is 0.500 bits per heavy atom. The summed E-state index contributed by atoms with van der Waals surface area (Å²) >= 11 is 3.47. The molecule has 146 valence electrons. The number of nitrogen functional groups attached to an aromatic ring is 2. The van der Waals surface area contributed by atoms with Crippen LogP contribution in [0.2, 0.25) is 0 Å². The smallest absolute Gasteiger partial charge is 0.0534 e. The zero-order valence-electron chi connectivity index (χ0n) is 15.9. The molecular weight excluding hydrogens is 408 g/mol. The third kappa shape index (κ3) is 2.65. The fourth-order valence-corrected chi connectivity index (χ4v) is 6.24. The van der Waals surface area contributed by atoms with Gasteiger partial charge in [-0.05, 0) is 48.5 Å². The molecule has 4 aromatic carbocycles. The number of anilines is 6. The van der Waals surface area contributed by atoms with Gasteiger partial charge in [0.05, 0.1) is 22.7 Å². The Hall–Kier alpha value is -3.22. The molecule has 0 aromatic heterocycles. The van der Waals surface area contributed by atoms with Crippen molar-refractivity contribution < 1.29 is 0 Å². The molecule has 0 unspecified atom stereocenters. The molecule has 6 rings (SSSR count). The first-order valence-corrected chi connectivity index (χ1v) is 11.3. The van der Waals surface area contributed by atoms with Crippen molar-refractivity contribution >= 4 is 57.6 Å². The first-order valence-electron chi connectivity index (χ1n) is 9.62. The molecule has 0 amide bonds. The van der Waals surface area contributed by atoms with Gasteiger partial charge in [0, 0.05) is 42.1 Å². The number of hydrogen-bond donors (Lipinski definition) is 4. The van der Waals surface area contributed by atoms with Gasteiger partial charge in [-0.25, -0.2) is 0 Å². The molecule has 6 heteroatoms. The monoisotopic (exact) mass is 426 g/mol. The van der Waals surface area contributed by atoms with Crippen LogP contribution in [0.15, 0.2) is 92.4 Å². The highest BCUT2D eigenvalue weighted by molar-refractivity contribution is 8.00. The minimum absolute atomic E-state index is 0.724. The Morgan fingerprint density at radius 2 is 0.933 bits per heavy atom. The molecule has 2 heterocycles. The number of benzene rings is 4. The van der Waals surface area contributed by atoms with Crippen LogP contribution in [0.4, 0.5) is 34.1 Å². The lowest BCUT2D eigenvalue weighted by molar-refractivity contribution is 1.28. The van der Waals surface area contributed by atoms with Gasteiger partial charge in [0.2, 0.25) is 0 Å². The van der Waals surface area contributed by atoms with Crippen molar-refractivity contribution in [3.05, 3.63) is 72.8 Å². The largest absolute Gasteiger partial charge is 0.398 e. The van der Waals surface area contributed by atoms with Crippen LogP contribution in [0.5, 0.6) is 0 Å². The maximum atomic E-state index is 6.57. The van der Waals surface area contributed by atoms with E-state index < -0.39 is 0 Å². The van der Waals surface area contributed by atoms with Gasteiger partial charge in [0.15, 0.2) is 0 Å². The lowest BCUT2D eigenvalue weighted by Gasteiger charge is -2.28. The van der Waals surface area contributed by atoms with Crippen molar-refractivity contribution in [3.8, 4) is 11.1 Å². The highest BCUT2D eigenvalue weighted by atomic mass is 32.2. The van der Waals surface area contributed by atoms with E-state index in [4.69, 9.17) is 11.5 Å². The summed E-state index contributed by atoms with van der Waals surface area (Å²) in [5, 5.41) is 7.11. The van der Waals surface area contributed by atoms with Gasteiger partial charge in [-0.2, -0.15) is 0 Å². The van der Waals surface area contributed by atoms with Gasteiger partial charge < -0.3 is 22.1 Å². The summed E-state index contributed by atoms with van der Waals surface area (Å²) in [7, 11) is 0. The third-order valence-corrected chi connectivity index (χ3v) is 7.77. The average Bonchev–Trinajstić information content (AvgIpc) is 2.77. The summed E-state index contributed by atoms with van der Waals surface area (Å²) in [5.41, 5.74) is 20.9. The van der Waals surface area contributed by atoms with Crippen LogP contribution in [0.1, 0.15) is 0 Å². The third-order valence-electron chi connectivity index (χ3n) is 5.37. The number of fused-ring (bicyclic) bond motifs is 4.